The molecule has 0 amide bonds. The molecule has 767 valence electrons. The summed E-state index contributed by atoms with van der Waals surface area (Å²) < 4.78 is 0. The van der Waals surface area contributed by atoms with Crippen molar-refractivity contribution in [2.75, 3.05) is 0 Å². The van der Waals surface area contributed by atoms with E-state index in [1.54, 1.807) is 13.8 Å². The Labute approximate surface area is 909 Å². The SMILES string of the molecule is CC(C)C(O)CC(O)C(C)C.CC(C)C(O)CC(O)C(C)C.CC(O)CC(C)O.Cc1[c-]c(-c2ncc(-c3c(C)cccc3C)nc2-c2cc(C)cc(C)c2)cc(C)c1.Cc1[c-]c(-c2ncc(-c3cc(C)cc(C)c3)nc2-c2cc(C)cc(C)c2)cc(C)c1.Cc1[c-]c(-c2ncc(-c3ccccc3)nc2-c2cc(C)cc(C)c2)cc(C)c1.[Ir].[Ir].[Ir].c1ccc(-c2ccnc3c2ccc2c(-c4ccccc4)ccnc23)cc1. The molecule has 3 radical (unpaired) electrons. The summed E-state index contributed by atoms with van der Waals surface area (Å²) in [5.74, 6) is 0.957. The van der Waals surface area contributed by atoms with Crippen LogP contribution in [0.3, 0.4) is 0 Å². The van der Waals surface area contributed by atoms with Crippen molar-refractivity contribution >= 4 is 21.8 Å². The first-order chi connectivity index (χ1) is 68.0. The largest absolute Gasteiger partial charge is 0.393 e. The minimum Gasteiger partial charge on any atom is -0.393 e. The monoisotopic (exact) mass is 2480 g/mol. The van der Waals surface area contributed by atoms with Gasteiger partial charge in [-0.25, -0.2) is 0 Å². The van der Waals surface area contributed by atoms with Crippen molar-refractivity contribution in [3.8, 4) is 124 Å². The summed E-state index contributed by atoms with van der Waals surface area (Å²) in [7, 11) is 0. The molecular formula is C129H145Ir3N8O6-3. The third-order valence-electron chi connectivity index (χ3n) is 24.9. The molecule has 0 saturated heterocycles. The number of pyridine rings is 2. The zero-order chi connectivity index (χ0) is 104. The van der Waals surface area contributed by atoms with Crippen molar-refractivity contribution in [3.63, 3.8) is 0 Å². The van der Waals surface area contributed by atoms with Crippen molar-refractivity contribution in [3.05, 3.63) is 381 Å². The number of aliphatic hydroxyl groups is 6. The van der Waals surface area contributed by atoms with Crippen LogP contribution in [-0.2, 0) is 60.3 Å². The molecule has 17 rings (SSSR count). The molecule has 0 bridgehead atoms. The first-order valence-electron chi connectivity index (χ1n) is 50.0. The fourth-order valence-electron chi connectivity index (χ4n) is 17.8. The summed E-state index contributed by atoms with van der Waals surface area (Å²) in [5, 5.41) is 56.9. The van der Waals surface area contributed by atoms with E-state index in [4.69, 9.17) is 40.1 Å². The zero-order valence-corrected chi connectivity index (χ0v) is 96.8. The van der Waals surface area contributed by atoms with Gasteiger partial charge in [-0.2, -0.15) is 0 Å². The molecular weight excluding hydrogens is 2330 g/mol. The van der Waals surface area contributed by atoms with Crippen LogP contribution >= 0.6 is 0 Å². The smallest absolute Gasteiger partial charge is 0.0970 e. The Morgan fingerprint density at radius 2 is 0.500 bits per heavy atom. The molecule has 5 aromatic heterocycles. The van der Waals surface area contributed by atoms with Crippen molar-refractivity contribution in [2.45, 2.75) is 236 Å². The van der Waals surface area contributed by atoms with E-state index in [-0.39, 0.29) is 121 Å². The fourth-order valence-corrected chi connectivity index (χ4v) is 17.8. The van der Waals surface area contributed by atoms with E-state index in [2.05, 4.69) is 351 Å². The van der Waals surface area contributed by atoms with Crippen LogP contribution in [0.1, 0.15) is 178 Å². The molecule has 146 heavy (non-hydrogen) atoms. The number of nitrogens with zero attached hydrogens (tertiary/aromatic N) is 8. The number of aryl methyl sites for hydroxylation is 16. The molecule has 17 aromatic rings. The average Bonchev–Trinajstić information content (AvgIpc) is 0.754. The second kappa shape index (κ2) is 56.5. The number of fused-ring (bicyclic) bond motifs is 3. The third kappa shape index (κ3) is 34.2. The third-order valence-corrected chi connectivity index (χ3v) is 24.9. The van der Waals surface area contributed by atoms with Gasteiger partial charge in [0.25, 0.3) is 0 Å². The van der Waals surface area contributed by atoms with Gasteiger partial charge in [-0.05, 0) is 200 Å². The molecule has 5 heterocycles. The Hall–Kier alpha value is -11.6. The van der Waals surface area contributed by atoms with Crippen LogP contribution in [0, 0.1) is 153 Å². The van der Waals surface area contributed by atoms with E-state index in [1.807, 2.05) is 117 Å². The normalized spacial score (nSPS) is 12.1. The Kier molecular flexibility index (Phi) is 46.3. The molecule has 0 fully saturated rings. The average molecular weight is 2480 g/mol. The minimum absolute atomic E-state index is 0. The van der Waals surface area contributed by atoms with Gasteiger partial charge in [0.15, 0.2) is 0 Å². The molecule has 0 aliphatic heterocycles. The number of benzene rings is 12. The van der Waals surface area contributed by atoms with Crippen LogP contribution < -0.4 is 0 Å². The fraction of sp³-hybridized carbons (Fsp3) is 0.302. The van der Waals surface area contributed by atoms with Crippen LogP contribution in [0.25, 0.3) is 145 Å². The van der Waals surface area contributed by atoms with E-state index < -0.39 is 0 Å². The van der Waals surface area contributed by atoms with Crippen LogP contribution in [0.15, 0.2) is 274 Å². The van der Waals surface area contributed by atoms with E-state index in [1.165, 1.54) is 94.6 Å². The Bertz CT molecular complexity index is 6820. The number of hydrogen-bond acceptors (Lipinski definition) is 14. The first-order valence-corrected chi connectivity index (χ1v) is 50.0. The standard InChI is InChI=1S/2C28H27N2.C26H23N2.C24H16N2.2C9H20O2.C5H12O2.3Ir/c1-17-7-18(2)11-23(10-17)26-16-29-27(24-12-19(3)8-20(4)13-24)28(30-26)25-14-21(5)9-22(6)15-25;1-17-10-18(2)13-23(12-17)27-28(24-14-19(3)11-20(4)15-24)30-25(16-29-27)26-21(5)8-7-9-22(26)6;1-17-10-18(2)13-22(12-17)25-26(23-14-19(3)11-20(4)15-23)28-24(16-27-25)21-8-6-5-7-9-21;1-3-7-17(8-4-1)19-13-15-25-23-21(19)11-12-22-20(14-16-26-24(22)23)18-9-5-2-6-10-18;2*1-6(2)8(10)5-9(11)7(3)4;1-4(6)3-5(2)7;;;/h2*7-12,14-16H,1-6H3;5-12,14-16H,1-4H3;1-16H;2*6-11H,5H2,1-4H3;4-7H,3H2,1-2H3;;;/q3*-1;;;;;;;. The summed E-state index contributed by atoms with van der Waals surface area (Å²) in [6.07, 6.45) is 8.65. The van der Waals surface area contributed by atoms with Crippen LogP contribution in [-0.4, -0.2) is 107 Å². The van der Waals surface area contributed by atoms with Gasteiger partial charge in [0.1, 0.15) is 0 Å². The number of aliphatic hydroxyl groups excluding tert-OH is 6. The van der Waals surface area contributed by atoms with Crippen molar-refractivity contribution in [1.29, 1.82) is 0 Å². The van der Waals surface area contributed by atoms with E-state index >= 15 is 0 Å². The number of rotatable bonds is 21. The van der Waals surface area contributed by atoms with E-state index in [0.717, 1.165) is 140 Å². The van der Waals surface area contributed by atoms with Gasteiger partial charge < -0.3 is 45.6 Å². The first kappa shape index (κ1) is 120. The molecule has 12 aromatic carbocycles. The summed E-state index contributed by atoms with van der Waals surface area (Å²) >= 11 is 0. The second-order valence-corrected chi connectivity index (χ2v) is 40.2. The Morgan fingerprint density at radius 3 is 0.774 bits per heavy atom. The predicted molar refractivity (Wildman–Crippen MR) is 596 cm³/mol. The summed E-state index contributed by atoms with van der Waals surface area (Å²) in [6, 6.07) is 95.3. The molecule has 6 N–H and O–H groups in total. The maximum Gasteiger partial charge on any atom is 0.0970 e. The van der Waals surface area contributed by atoms with Crippen molar-refractivity contribution in [2.24, 2.45) is 23.7 Å². The van der Waals surface area contributed by atoms with E-state index in [9.17, 15) is 20.4 Å². The Balaban J connectivity index is 0.000000216. The maximum atomic E-state index is 9.39. The van der Waals surface area contributed by atoms with Gasteiger partial charge in [-0.1, -0.05) is 323 Å². The summed E-state index contributed by atoms with van der Waals surface area (Å²) in [4.78, 5) is 39.4. The van der Waals surface area contributed by atoms with Crippen LogP contribution in [0.4, 0.5) is 0 Å². The summed E-state index contributed by atoms with van der Waals surface area (Å²) in [5.41, 5.74) is 43.3. The molecule has 0 aliphatic carbocycles. The molecule has 17 heteroatoms. The molecule has 0 aliphatic rings. The van der Waals surface area contributed by atoms with Crippen molar-refractivity contribution < 1.29 is 91.0 Å². The van der Waals surface area contributed by atoms with Gasteiger partial charge in [0.05, 0.1) is 81.8 Å². The van der Waals surface area contributed by atoms with Crippen LogP contribution in [0.2, 0.25) is 0 Å². The van der Waals surface area contributed by atoms with Gasteiger partial charge >= 0.3 is 0 Å². The number of hydrogen-bond donors (Lipinski definition) is 6. The Morgan fingerprint density at radius 1 is 0.240 bits per heavy atom. The zero-order valence-electron chi connectivity index (χ0n) is 89.6. The minimum atomic E-state index is -0.375. The van der Waals surface area contributed by atoms with Crippen molar-refractivity contribution in [1.82, 2.24) is 39.9 Å². The molecule has 0 spiro atoms. The van der Waals surface area contributed by atoms with Gasteiger partial charge in [0.2, 0.25) is 0 Å². The van der Waals surface area contributed by atoms with Gasteiger partial charge in [-0.15, -0.1) is 105 Å². The van der Waals surface area contributed by atoms with E-state index in [0.29, 0.717) is 19.3 Å². The maximum absolute atomic E-state index is 9.39. The topological polar surface area (TPSA) is 224 Å². The van der Waals surface area contributed by atoms with Gasteiger partial charge in [-0.3, -0.25) is 24.9 Å². The molecule has 0 saturated carbocycles. The number of aromatic nitrogens is 8. The second-order valence-electron chi connectivity index (χ2n) is 40.2. The molecule has 14 nitrogen and oxygen atoms in total. The van der Waals surface area contributed by atoms with Gasteiger partial charge in [0, 0.05) is 136 Å². The predicted octanol–water partition coefficient (Wildman–Crippen LogP) is 29.8. The summed E-state index contributed by atoms with van der Waals surface area (Å²) in [6.45, 7) is 52.7. The van der Waals surface area contributed by atoms with Crippen LogP contribution in [0.5, 0.6) is 0 Å². The quantitative estimate of drug-likeness (QED) is 0.0291. The molecule has 6 atom stereocenters. The molecule has 6 unspecified atom stereocenters.